The molecule has 0 N–H and O–H groups in total. The molecule has 0 heterocycles. The van der Waals surface area contributed by atoms with E-state index in [9.17, 15) is 0 Å². The first kappa shape index (κ1) is 13.9. The van der Waals surface area contributed by atoms with E-state index in [-0.39, 0.29) is 25.8 Å². The van der Waals surface area contributed by atoms with Crippen LogP contribution in [0, 0.1) is 5.92 Å². The molecule has 0 aromatic heterocycles. The van der Waals surface area contributed by atoms with Crippen molar-refractivity contribution in [3.63, 3.8) is 0 Å². The molecule has 0 unspecified atom stereocenters. The molecule has 0 amide bonds. The first-order chi connectivity index (χ1) is 4.72. The van der Waals surface area contributed by atoms with Crippen LogP contribution >= 0.6 is 0 Å². The van der Waals surface area contributed by atoms with Crippen LogP contribution in [0.3, 0.4) is 0 Å². The van der Waals surface area contributed by atoms with Crippen molar-refractivity contribution < 1.29 is 25.8 Å². The van der Waals surface area contributed by atoms with Crippen molar-refractivity contribution in [2.24, 2.45) is 10.9 Å². The second kappa shape index (κ2) is 8.44. The van der Waals surface area contributed by atoms with Gasteiger partial charge in [0.1, 0.15) is 0 Å². The van der Waals surface area contributed by atoms with Crippen LogP contribution in [-0.2, 0) is 25.8 Å². The molecular formula is C8H17N2Sc-. The first-order valence-electron chi connectivity index (χ1n) is 3.94. The van der Waals surface area contributed by atoms with E-state index in [2.05, 4.69) is 24.2 Å². The van der Waals surface area contributed by atoms with E-state index in [0.717, 1.165) is 18.9 Å². The Hall–Kier alpha value is 0.340. The molecule has 0 spiro atoms. The largest absolute Gasteiger partial charge is 0.469 e. The zero-order chi connectivity index (χ0) is 7.98. The summed E-state index contributed by atoms with van der Waals surface area (Å²) in [6, 6.07) is 0. The molecule has 3 heteroatoms. The zero-order valence-electron chi connectivity index (χ0n) is 7.96. The molecule has 0 saturated carbocycles. The first-order valence-corrected chi connectivity index (χ1v) is 3.94. The molecule has 0 bridgehead atoms. The molecule has 0 fully saturated rings. The molecule has 2 nitrogen and oxygen atoms in total. The second-order valence-corrected chi connectivity index (χ2v) is 2.46. The predicted octanol–water partition coefficient (Wildman–Crippen LogP) is 2.45. The van der Waals surface area contributed by atoms with Crippen LogP contribution in [0.5, 0.6) is 0 Å². The van der Waals surface area contributed by atoms with Gasteiger partial charge in [-0.2, -0.15) is 0 Å². The number of hydrogen-bond acceptors (Lipinski definition) is 1. The Bertz CT molecular complexity index is 111. The van der Waals surface area contributed by atoms with Crippen molar-refractivity contribution >= 4 is 5.84 Å². The summed E-state index contributed by atoms with van der Waals surface area (Å²) in [6.07, 6.45) is 0. The van der Waals surface area contributed by atoms with Gasteiger partial charge in [0.25, 0.3) is 0 Å². The maximum Gasteiger partial charge on any atom is 0 e. The van der Waals surface area contributed by atoms with Crippen molar-refractivity contribution in [1.29, 1.82) is 0 Å². The maximum atomic E-state index is 4.26. The smallest absolute Gasteiger partial charge is 0 e. The summed E-state index contributed by atoms with van der Waals surface area (Å²) in [4.78, 5) is 4.26. The topological polar surface area (TPSA) is 26.5 Å². The van der Waals surface area contributed by atoms with E-state index in [1.807, 2.05) is 13.8 Å². The van der Waals surface area contributed by atoms with Gasteiger partial charge in [0, 0.05) is 25.8 Å². The molecule has 0 aliphatic carbocycles. The summed E-state index contributed by atoms with van der Waals surface area (Å²) in [5.74, 6) is 1.48. The molecule has 0 aliphatic heterocycles. The Labute approximate surface area is 88.6 Å². The van der Waals surface area contributed by atoms with Crippen molar-refractivity contribution in [2.75, 3.05) is 13.1 Å². The summed E-state index contributed by atoms with van der Waals surface area (Å²) in [5.41, 5.74) is 0. The van der Waals surface area contributed by atoms with Crippen LogP contribution in [0.2, 0.25) is 0 Å². The third-order valence-electron chi connectivity index (χ3n) is 1.16. The Morgan fingerprint density at radius 2 is 1.91 bits per heavy atom. The molecule has 11 heavy (non-hydrogen) atoms. The number of aliphatic imine (C=N–C) groups is 1. The van der Waals surface area contributed by atoms with Gasteiger partial charge < -0.3 is 10.3 Å². The van der Waals surface area contributed by atoms with Crippen LogP contribution in [0.1, 0.15) is 27.7 Å². The SMILES string of the molecule is CCN=C([N-]CC)C(C)C.[Sc]. The van der Waals surface area contributed by atoms with Crippen LogP contribution < -0.4 is 0 Å². The van der Waals surface area contributed by atoms with Crippen LogP contribution in [0.15, 0.2) is 4.99 Å². The summed E-state index contributed by atoms with van der Waals surface area (Å²) >= 11 is 0. The number of rotatable bonds is 3. The summed E-state index contributed by atoms with van der Waals surface area (Å²) in [5, 5.41) is 4.26. The second-order valence-electron chi connectivity index (χ2n) is 2.46. The molecule has 0 saturated heterocycles. The van der Waals surface area contributed by atoms with Crippen molar-refractivity contribution in [3.8, 4) is 0 Å². The third kappa shape index (κ3) is 6.73. The number of amidine groups is 1. The molecule has 1 radical (unpaired) electrons. The molecule has 0 rings (SSSR count). The Morgan fingerprint density at radius 1 is 1.36 bits per heavy atom. The zero-order valence-corrected chi connectivity index (χ0v) is 9.77. The van der Waals surface area contributed by atoms with Gasteiger partial charge in [-0.15, -0.1) is 0 Å². The van der Waals surface area contributed by atoms with Gasteiger partial charge in [0.2, 0.25) is 0 Å². The maximum absolute atomic E-state index is 4.26. The van der Waals surface area contributed by atoms with E-state index < -0.39 is 0 Å². The van der Waals surface area contributed by atoms with Gasteiger partial charge in [0.15, 0.2) is 0 Å². The molecule has 0 aromatic rings. The Kier molecular flexibility index (Phi) is 10.7. The molecule has 0 aromatic carbocycles. The van der Waals surface area contributed by atoms with Gasteiger partial charge in [-0.3, -0.25) is 0 Å². The van der Waals surface area contributed by atoms with Gasteiger partial charge in [-0.1, -0.05) is 46.6 Å². The Balaban J connectivity index is 0. The monoisotopic (exact) mass is 186 g/mol. The van der Waals surface area contributed by atoms with E-state index >= 15 is 0 Å². The normalized spacial score (nSPS) is 11.2. The number of nitrogens with zero attached hydrogens (tertiary/aromatic N) is 2. The van der Waals surface area contributed by atoms with Crippen molar-refractivity contribution in [3.05, 3.63) is 5.32 Å². The van der Waals surface area contributed by atoms with E-state index in [1.54, 1.807) is 0 Å². The van der Waals surface area contributed by atoms with Gasteiger partial charge >= 0.3 is 0 Å². The molecule has 0 atom stereocenters. The number of hydrogen-bond donors (Lipinski definition) is 0. The minimum Gasteiger partial charge on any atom is -0.469 e. The van der Waals surface area contributed by atoms with Gasteiger partial charge in [-0.05, 0) is 5.92 Å². The average Bonchev–Trinajstić information content (AvgIpc) is 1.87. The fourth-order valence-electron chi connectivity index (χ4n) is 0.739. The minimum absolute atomic E-state index is 0. The molecule has 0 aliphatic rings. The summed E-state index contributed by atoms with van der Waals surface area (Å²) in [7, 11) is 0. The van der Waals surface area contributed by atoms with E-state index in [0.29, 0.717) is 5.92 Å². The average molecular weight is 186 g/mol. The molecular weight excluding hydrogens is 169 g/mol. The Morgan fingerprint density at radius 3 is 2.18 bits per heavy atom. The van der Waals surface area contributed by atoms with Crippen LogP contribution in [-0.4, -0.2) is 18.9 Å². The summed E-state index contributed by atoms with van der Waals surface area (Å²) in [6.45, 7) is 10.00. The van der Waals surface area contributed by atoms with E-state index in [4.69, 9.17) is 0 Å². The third-order valence-corrected chi connectivity index (χ3v) is 1.16. The van der Waals surface area contributed by atoms with E-state index in [1.165, 1.54) is 0 Å². The minimum atomic E-state index is 0. The predicted molar refractivity (Wildman–Crippen MR) is 46.7 cm³/mol. The molecule has 63 valence electrons. The van der Waals surface area contributed by atoms with Gasteiger partial charge in [0.05, 0.1) is 0 Å². The van der Waals surface area contributed by atoms with Crippen LogP contribution in [0.4, 0.5) is 0 Å². The quantitative estimate of drug-likeness (QED) is 0.478. The fourth-order valence-corrected chi connectivity index (χ4v) is 0.739. The summed E-state index contributed by atoms with van der Waals surface area (Å²) < 4.78 is 0. The van der Waals surface area contributed by atoms with Crippen LogP contribution in [0.25, 0.3) is 5.32 Å². The fraction of sp³-hybridized carbons (Fsp3) is 0.875. The van der Waals surface area contributed by atoms with Crippen molar-refractivity contribution in [1.82, 2.24) is 0 Å². The standard InChI is InChI=1S/C8H17N2.Sc/c1-5-9-8(7(3)4)10-6-2;/h7H,5-6H2,1-4H3;/q-1;. The van der Waals surface area contributed by atoms with Crippen molar-refractivity contribution in [2.45, 2.75) is 27.7 Å². The van der Waals surface area contributed by atoms with Gasteiger partial charge in [-0.25, -0.2) is 0 Å².